The molecule has 2 unspecified atom stereocenters. The zero-order valence-corrected chi connectivity index (χ0v) is 18.2. The van der Waals surface area contributed by atoms with Gasteiger partial charge in [-0.3, -0.25) is 4.99 Å². The number of amides is 1. The van der Waals surface area contributed by atoms with Gasteiger partial charge in [0.2, 0.25) is 0 Å². The summed E-state index contributed by atoms with van der Waals surface area (Å²) in [7, 11) is 0. The molecular formula is C22H39N3O2. The summed E-state index contributed by atoms with van der Waals surface area (Å²) in [6, 6.07) is 0.192. The van der Waals surface area contributed by atoms with Gasteiger partial charge in [0.25, 0.3) is 0 Å². The van der Waals surface area contributed by atoms with E-state index in [-0.39, 0.29) is 17.6 Å². The van der Waals surface area contributed by atoms with Crippen LogP contribution in [0.5, 0.6) is 0 Å². The van der Waals surface area contributed by atoms with E-state index in [9.17, 15) is 4.79 Å². The molecule has 2 atom stereocenters. The number of aliphatic imine (C=N–C) groups is 1. The van der Waals surface area contributed by atoms with E-state index in [0.29, 0.717) is 5.92 Å². The van der Waals surface area contributed by atoms with Crippen molar-refractivity contribution >= 4 is 11.8 Å². The molecule has 1 N–H and O–H groups in total. The summed E-state index contributed by atoms with van der Waals surface area (Å²) in [5.41, 5.74) is 1.92. The smallest absolute Gasteiger partial charge is 0.407 e. The molecule has 0 radical (unpaired) electrons. The van der Waals surface area contributed by atoms with Crippen LogP contribution < -0.4 is 5.32 Å². The third-order valence-corrected chi connectivity index (χ3v) is 6.16. The number of carbonyl (C=O) groups excluding carboxylic acids is 1. The molecule has 154 valence electrons. The van der Waals surface area contributed by atoms with Crippen LogP contribution in [0.15, 0.2) is 17.3 Å². The third-order valence-electron chi connectivity index (χ3n) is 6.16. The molecule has 2 aliphatic rings. The Morgan fingerprint density at radius 3 is 2.41 bits per heavy atom. The van der Waals surface area contributed by atoms with Crippen molar-refractivity contribution in [2.45, 2.75) is 85.3 Å². The minimum Gasteiger partial charge on any atom is -0.444 e. The highest BCUT2D eigenvalue weighted by Gasteiger charge is 2.49. The van der Waals surface area contributed by atoms with Gasteiger partial charge in [-0.05, 0) is 71.1 Å². The quantitative estimate of drug-likeness (QED) is 0.702. The molecule has 1 heterocycles. The minimum atomic E-state index is -0.463. The molecule has 1 aliphatic heterocycles. The summed E-state index contributed by atoms with van der Waals surface area (Å²) in [5.74, 6) is 0.486. The van der Waals surface area contributed by atoms with E-state index in [2.05, 4.69) is 42.6 Å². The van der Waals surface area contributed by atoms with E-state index >= 15 is 0 Å². The number of carbonyl (C=O) groups is 1. The molecule has 0 aromatic carbocycles. The fourth-order valence-corrected chi connectivity index (χ4v) is 4.73. The predicted molar refractivity (Wildman–Crippen MR) is 112 cm³/mol. The monoisotopic (exact) mass is 377 g/mol. The second-order valence-electron chi connectivity index (χ2n) is 9.21. The first kappa shape index (κ1) is 21.8. The van der Waals surface area contributed by atoms with Crippen molar-refractivity contribution < 1.29 is 9.53 Å². The van der Waals surface area contributed by atoms with Crippen LogP contribution in [-0.2, 0) is 4.74 Å². The van der Waals surface area contributed by atoms with Gasteiger partial charge in [0.15, 0.2) is 0 Å². The molecule has 2 fully saturated rings. The van der Waals surface area contributed by atoms with Gasteiger partial charge in [0, 0.05) is 25.7 Å². The molecule has 1 saturated carbocycles. The van der Waals surface area contributed by atoms with Crippen LogP contribution in [0, 0.1) is 11.3 Å². The predicted octanol–water partition coefficient (Wildman–Crippen LogP) is 4.78. The lowest BCUT2D eigenvalue weighted by molar-refractivity contribution is 0.0373. The van der Waals surface area contributed by atoms with Crippen molar-refractivity contribution in [2.75, 3.05) is 19.6 Å². The average molecular weight is 378 g/mol. The highest BCUT2D eigenvalue weighted by atomic mass is 16.6. The standard InChI is InChI=1S/C22H39N3O2/c1-8-18(23-9-2)17(4)25-14-12-22(13-15-25)11-10-16(3)19(22)24-20(26)27-21(5,6)7/h16,19H,4,8-15H2,1-3,5-7H3,(H,24,26). The molecule has 5 heteroatoms. The number of nitrogens with zero attached hydrogens (tertiary/aromatic N) is 2. The lowest BCUT2D eigenvalue weighted by Crippen LogP contribution is -2.53. The Morgan fingerprint density at radius 1 is 1.26 bits per heavy atom. The Bertz CT molecular complexity index is 569. The van der Waals surface area contributed by atoms with Gasteiger partial charge in [0.1, 0.15) is 5.60 Å². The average Bonchev–Trinajstić information content (AvgIpc) is 2.88. The third kappa shape index (κ3) is 5.26. The van der Waals surface area contributed by atoms with E-state index < -0.39 is 5.60 Å². The number of piperidine rings is 1. The van der Waals surface area contributed by atoms with Crippen molar-refractivity contribution in [3.05, 3.63) is 12.3 Å². The van der Waals surface area contributed by atoms with Crippen molar-refractivity contribution in [1.82, 2.24) is 10.2 Å². The number of ether oxygens (including phenoxy) is 1. The number of nitrogens with one attached hydrogen (secondary N) is 1. The van der Waals surface area contributed by atoms with E-state index in [1.54, 1.807) is 0 Å². The first-order chi connectivity index (χ1) is 12.6. The Balaban J connectivity index is 2.03. The molecule has 27 heavy (non-hydrogen) atoms. The molecule has 1 aliphatic carbocycles. The maximum Gasteiger partial charge on any atom is 0.407 e. The fourth-order valence-electron chi connectivity index (χ4n) is 4.73. The van der Waals surface area contributed by atoms with Crippen molar-refractivity contribution in [1.29, 1.82) is 0 Å². The summed E-state index contributed by atoms with van der Waals surface area (Å²) in [6.07, 6.45) is 5.15. The van der Waals surface area contributed by atoms with E-state index in [4.69, 9.17) is 4.74 Å². The van der Waals surface area contributed by atoms with Gasteiger partial charge >= 0.3 is 6.09 Å². The van der Waals surface area contributed by atoms with E-state index in [0.717, 1.165) is 50.3 Å². The molecule has 1 amide bonds. The van der Waals surface area contributed by atoms with Gasteiger partial charge < -0.3 is 15.0 Å². The number of alkyl carbamates (subject to hydrolysis) is 1. The highest BCUT2D eigenvalue weighted by molar-refractivity contribution is 5.98. The van der Waals surface area contributed by atoms with E-state index in [1.165, 1.54) is 12.8 Å². The first-order valence-corrected chi connectivity index (χ1v) is 10.6. The summed E-state index contributed by atoms with van der Waals surface area (Å²) >= 11 is 0. The number of hydrogen-bond donors (Lipinski definition) is 1. The van der Waals surface area contributed by atoms with Gasteiger partial charge in [-0.25, -0.2) is 4.79 Å². The normalized spacial score (nSPS) is 25.6. The number of rotatable bonds is 5. The van der Waals surface area contributed by atoms with Crippen LogP contribution in [-0.4, -0.2) is 48.0 Å². The fraction of sp³-hybridized carbons (Fsp3) is 0.818. The minimum absolute atomic E-state index is 0.182. The Kier molecular flexibility index (Phi) is 6.98. The highest BCUT2D eigenvalue weighted by Crippen LogP contribution is 2.49. The second kappa shape index (κ2) is 8.66. The van der Waals surface area contributed by atoms with Gasteiger partial charge in [-0.2, -0.15) is 0 Å². The summed E-state index contributed by atoms with van der Waals surface area (Å²) < 4.78 is 5.52. The van der Waals surface area contributed by atoms with Crippen molar-refractivity contribution in [2.24, 2.45) is 16.3 Å². The molecular weight excluding hydrogens is 338 g/mol. The zero-order valence-electron chi connectivity index (χ0n) is 18.2. The van der Waals surface area contributed by atoms with Crippen molar-refractivity contribution in [3.63, 3.8) is 0 Å². The van der Waals surface area contributed by atoms with Crippen LogP contribution in [0.1, 0.15) is 73.6 Å². The largest absolute Gasteiger partial charge is 0.444 e. The molecule has 5 nitrogen and oxygen atoms in total. The number of hydrogen-bond acceptors (Lipinski definition) is 4. The van der Waals surface area contributed by atoms with Crippen molar-refractivity contribution in [3.8, 4) is 0 Å². The zero-order chi connectivity index (χ0) is 20.2. The summed E-state index contributed by atoms with van der Waals surface area (Å²) in [6.45, 7) is 19.3. The SMILES string of the molecule is C=C(C(CC)=NCC)N1CCC2(CCC(C)C2NC(=O)OC(C)(C)C)CC1. The maximum absolute atomic E-state index is 12.4. The van der Waals surface area contributed by atoms with Crippen LogP contribution >= 0.6 is 0 Å². The van der Waals surface area contributed by atoms with Crippen LogP contribution in [0.25, 0.3) is 0 Å². The lowest BCUT2D eigenvalue weighted by Gasteiger charge is -2.45. The topological polar surface area (TPSA) is 53.9 Å². The molecule has 0 aromatic rings. The molecule has 0 aromatic heterocycles. The molecule has 0 bridgehead atoms. The Labute approximate surface area is 165 Å². The van der Waals surface area contributed by atoms with Gasteiger partial charge in [-0.1, -0.05) is 20.4 Å². The van der Waals surface area contributed by atoms with Crippen LogP contribution in [0.2, 0.25) is 0 Å². The van der Waals surface area contributed by atoms with E-state index in [1.807, 2.05) is 20.8 Å². The molecule has 1 saturated heterocycles. The second-order valence-corrected chi connectivity index (χ2v) is 9.21. The molecule has 2 rings (SSSR count). The molecule has 1 spiro atoms. The Morgan fingerprint density at radius 2 is 1.89 bits per heavy atom. The van der Waals surface area contributed by atoms with Gasteiger partial charge in [0.05, 0.1) is 11.4 Å². The van der Waals surface area contributed by atoms with Gasteiger partial charge in [-0.15, -0.1) is 0 Å². The summed E-state index contributed by atoms with van der Waals surface area (Å²) in [4.78, 5) is 19.4. The Hall–Kier alpha value is -1.52. The maximum atomic E-state index is 12.4. The first-order valence-electron chi connectivity index (χ1n) is 10.6. The lowest BCUT2D eigenvalue weighted by atomic mass is 9.73. The van der Waals surface area contributed by atoms with Crippen LogP contribution in [0.4, 0.5) is 4.79 Å². The van der Waals surface area contributed by atoms with Crippen LogP contribution in [0.3, 0.4) is 0 Å². The summed E-state index contributed by atoms with van der Waals surface area (Å²) in [5, 5.41) is 3.22. The number of likely N-dealkylation sites (tertiary alicyclic amines) is 1. The number of allylic oxidation sites excluding steroid dienone is 1.